The molecule has 0 unspecified atom stereocenters. The Morgan fingerprint density at radius 3 is 2.83 bits per heavy atom. The second kappa shape index (κ2) is 7.07. The van der Waals surface area contributed by atoms with Gasteiger partial charge in [0, 0.05) is 36.7 Å². The van der Waals surface area contributed by atoms with Gasteiger partial charge < -0.3 is 14.2 Å². The molecule has 1 aromatic heterocycles. The molecule has 24 heavy (non-hydrogen) atoms. The van der Waals surface area contributed by atoms with Gasteiger partial charge in [-0.25, -0.2) is 0 Å². The van der Waals surface area contributed by atoms with Crippen molar-refractivity contribution in [2.24, 2.45) is 7.05 Å². The van der Waals surface area contributed by atoms with Gasteiger partial charge in [-0.2, -0.15) is 0 Å². The van der Waals surface area contributed by atoms with Crippen LogP contribution in [0.3, 0.4) is 0 Å². The maximum atomic E-state index is 13.1. The minimum atomic E-state index is -0.222. The number of para-hydroxylation sites is 1. The number of fused-ring (bicyclic) bond motifs is 1. The van der Waals surface area contributed by atoms with E-state index in [4.69, 9.17) is 4.74 Å². The van der Waals surface area contributed by atoms with Crippen molar-refractivity contribution < 1.29 is 14.3 Å². The molecule has 128 valence electrons. The van der Waals surface area contributed by atoms with Gasteiger partial charge in [0.1, 0.15) is 0 Å². The van der Waals surface area contributed by atoms with Crippen molar-refractivity contribution in [2.45, 2.75) is 38.6 Å². The Hall–Kier alpha value is -2.30. The van der Waals surface area contributed by atoms with Crippen molar-refractivity contribution in [3.8, 4) is 0 Å². The lowest BCUT2D eigenvalue weighted by Gasteiger charge is -2.35. The van der Waals surface area contributed by atoms with E-state index in [0.29, 0.717) is 18.7 Å². The van der Waals surface area contributed by atoms with E-state index in [1.807, 2.05) is 47.0 Å². The van der Waals surface area contributed by atoms with Crippen LogP contribution in [0.25, 0.3) is 10.9 Å². The summed E-state index contributed by atoms with van der Waals surface area (Å²) in [6.07, 6.45) is 5.06. The number of amides is 1. The van der Waals surface area contributed by atoms with Crippen LogP contribution in [-0.4, -0.2) is 40.5 Å². The van der Waals surface area contributed by atoms with Gasteiger partial charge in [0.2, 0.25) is 0 Å². The van der Waals surface area contributed by atoms with Gasteiger partial charge in [0.05, 0.1) is 18.6 Å². The molecular weight excluding hydrogens is 304 g/mol. The molecule has 1 amide bonds. The molecule has 1 aromatic carbocycles. The number of carbonyl (C=O) groups excluding carboxylic acids is 2. The first-order valence-corrected chi connectivity index (χ1v) is 8.62. The standard InChI is InChI=1S/C19H24N2O3/c1-3-24-18(22)12-14-8-6-7-11-21(14)19(23)16-13-20(2)17-10-5-4-9-15(16)17/h4-5,9-10,13-14H,3,6-8,11-12H2,1-2H3/t14-/m1/s1. The van der Waals surface area contributed by atoms with Crippen molar-refractivity contribution in [1.29, 1.82) is 0 Å². The normalized spacial score (nSPS) is 17.9. The molecule has 2 aromatic rings. The van der Waals surface area contributed by atoms with Crippen molar-refractivity contribution in [3.05, 3.63) is 36.0 Å². The predicted octanol–water partition coefficient (Wildman–Crippen LogP) is 3.13. The Bertz CT molecular complexity index is 750. The van der Waals surface area contributed by atoms with E-state index in [1.54, 1.807) is 6.92 Å². The summed E-state index contributed by atoms with van der Waals surface area (Å²) in [6, 6.07) is 7.85. The van der Waals surface area contributed by atoms with Crippen LogP contribution in [0, 0.1) is 0 Å². The fraction of sp³-hybridized carbons (Fsp3) is 0.474. The molecule has 1 fully saturated rings. The summed E-state index contributed by atoms with van der Waals surface area (Å²) < 4.78 is 7.05. The topological polar surface area (TPSA) is 51.5 Å². The number of piperidine rings is 1. The first-order valence-electron chi connectivity index (χ1n) is 8.62. The summed E-state index contributed by atoms with van der Waals surface area (Å²) in [5, 5.41) is 0.963. The number of hydrogen-bond acceptors (Lipinski definition) is 3. The second-order valence-corrected chi connectivity index (χ2v) is 6.33. The van der Waals surface area contributed by atoms with Crippen molar-refractivity contribution in [3.63, 3.8) is 0 Å². The molecule has 2 heterocycles. The highest BCUT2D eigenvalue weighted by atomic mass is 16.5. The molecule has 1 aliphatic rings. The highest BCUT2D eigenvalue weighted by Gasteiger charge is 2.30. The number of esters is 1. The van der Waals surface area contributed by atoms with Gasteiger partial charge in [-0.1, -0.05) is 18.2 Å². The quantitative estimate of drug-likeness (QED) is 0.810. The largest absolute Gasteiger partial charge is 0.466 e. The van der Waals surface area contributed by atoms with Crippen LogP contribution in [0.15, 0.2) is 30.5 Å². The van der Waals surface area contributed by atoms with Gasteiger partial charge in [-0.05, 0) is 32.3 Å². The van der Waals surface area contributed by atoms with E-state index in [-0.39, 0.29) is 24.3 Å². The van der Waals surface area contributed by atoms with E-state index in [0.717, 1.165) is 30.2 Å². The van der Waals surface area contributed by atoms with Crippen LogP contribution < -0.4 is 0 Å². The number of aryl methyl sites for hydroxylation is 1. The average Bonchev–Trinajstić information content (AvgIpc) is 2.92. The second-order valence-electron chi connectivity index (χ2n) is 6.33. The number of aromatic nitrogens is 1. The zero-order valence-electron chi connectivity index (χ0n) is 14.3. The molecule has 0 bridgehead atoms. The third-order valence-electron chi connectivity index (χ3n) is 4.72. The molecule has 0 aliphatic carbocycles. The Labute approximate surface area is 142 Å². The van der Waals surface area contributed by atoms with E-state index < -0.39 is 0 Å². The van der Waals surface area contributed by atoms with Crippen LogP contribution >= 0.6 is 0 Å². The molecule has 5 nitrogen and oxygen atoms in total. The van der Waals surface area contributed by atoms with Crippen molar-refractivity contribution in [1.82, 2.24) is 9.47 Å². The summed E-state index contributed by atoms with van der Waals surface area (Å²) in [5.41, 5.74) is 1.75. The third kappa shape index (κ3) is 3.16. The fourth-order valence-electron chi connectivity index (χ4n) is 3.56. The number of rotatable bonds is 4. The summed E-state index contributed by atoms with van der Waals surface area (Å²) >= 11 is 0. The monoisotopic (exact) mass is 328 g/mol. The number of benzene rings is 1. The van der Waals surface area contributed by atoms with E-state index in [1.165, 1.54) is 0 Å². The van der Waals surface area contributed by atoms with Gasteiger partial charge in [0.15, 0.2) is 0 Å². The Balaban J connectivity index is 1.87. The Kier molecular flexibility index (Phi) is 4.88. The molecule has 1 saturated heterocycles. The minimum Gasteiger partial charge on any atom is -0.466 e. The summed E-state index contributed by atoms with van der Waals surface area (Å²) in [5.74, 6) is -0.207. The molecule has 5 heteroatoms. The van der Waals surface area contributed by atoms with E-state index in [2.05, 4.69) is 0 Å². The van der Waals surface area contributed by atoms with Crippen LogP contribution in [0.5, 0.6) is 0 Å². The molecule has 0 spiro atoms. The number of carbonyl (C=O) groups is 2. The van der Waals surface area contributed by atoms with Gasteiger partial charge >= 0.3 is 5.97 Å². The number of nitrogens with zero attached hydrogens (tertiary/aromatic N) is 2. The molecule has 0 saturated carbocycles. The molecule has 3 rings (SSSR count). The first kappa shape index (κ1) is 16.6. The predicted molar refractivity (Wildman–Crippen MR) is 92.8 cm³/mol. The lowest BCUT2D eigenvalue weighted by molar-refractivity contribution is -0.144. The molecule has 1 atom stereocenters. The van der Waals surface area contributed by atoms with E-state index in [9.17, 15) is 9.59 Å². The lowest BCUT2D eigenvalue weighted by Crippen LogP contribution is -2.44. The van der Waals surface area contributed by atoms with Crippen LogP contribution in [0.1, 0.15) is 43.0 Å². The van der Waals surface area contributed by atoms with E-state index >= 15 is 0 Å². The van der Waals surface area contributed by atoms with Gasteiger partial charge in [0.25, 0.3) is 5.91 Å². The molecule has 1 aliphatic heterocycles. The van der Waals surface area contributed by atoms with Crippen LogP contribution in [0.4, 0.5) is 0 Å². The Morgan fingerprint density at radius 1 is 1.25 bits per heavy atom. The first-order chi connectivity index (χ1) is 11.6. The van der Waals surface area contributed by atoms with Gasteiger partial charge in [-0.3, -0.25) is 9.59 Å². The number of ether oxygens (including phenoxy) is 1. The zero-order valence-corrected chi connectivity index (χ0v) is 14.3. The molecule has 0 N–H and O–H groups in total. The van der Waals surface area contributed by atoms with Crippen LogP contribution in [0.2, 0.25) is 0 Å². The Morgan fingerprint density at radius 2 is 2.04 bits per heavy atom. The highest BCUT2D eigenvalue weighted by molar-refractivity contribution is 6.07. The SMILES string of the molecule is CCOC(=O)C[C@H]1CCCCN1C(=O)c1cn(C)c2ccccc12. The molecular formula is C19H24N2O3. The van der Waals surface area contributed by atoms with Crippen LogP contribution in [-0.2, 0) is 16.6 Å². The third-order valence-corrected chi connectivity index (χ3v) is 4.72. The van der Waals surface area contributed by atoms with Crippen molar-refractivity contribution >= 4 is 22.8 Å². The zero-order chi connectivity index (χ0) is 17.1. The van der Waals surface area contributed by atoms with Gasteiger partial charge in [-0.15, -0.1) is 0 Å². The molecule has 0 radical (unpaired) electrons. The lowest BCUT2D eigenvalue weighted by atomic mass is 9.98. The van der Waals surface area contributed by atoms with Crippen molar-refractivity contribution in [2.75, 3.05) is 13.2 Å². The highest BCUT2D eigenvalue weighted by Crippen LogP contribution is 2.26. The summed E-state index contributed by atoms with van der Waals surface area (Å²) in [6.45, 7) is 2.88. The number of hydrogen-bond donors (Lipinski definition) is 0. The smallest absolute Gasteiger partial charge is 0.307 e. The maximum Gasteiger partial charge on any atom is 0.307 e. The summed E-state index contributed by atoms with van der Waals surface area (Å²) in [4.78, 5) is 26.9. The minimum absolute atomic E-state index is 0.0146. The maximum absolute atomic E-state index is 13.1. The fourth-order valence-corrected chi connectivity index (χ4v) is 3.56. The number of likely N-dealkylation sites (tertiary alicyclic amines) is 1. The average molecular weight is 328 g/mol. The summed E-state index contributed by atoms with van der Waals surface area (Å²) in [7, 11) is 1.95.